The predicted octanol–water partition coefficient (Wildman–Crippen LogP) is 3.94. The van der Waals surface area contributed by atoms with Crippen molar-refractivity contribution in [3.63, 3.8) is 0 Å². The van der Waals surface area contributed by atoms with Crippen LogP contribution in [0.1, 0.15) is 5.56 Å². The molecule has 1 aliphatic rings. The van der Waals surface area contributed by atoms with Crippen molar-refractivity contribution in [2.75, 3.05) is 0 Å². The van der Waals surface area contributed by atoms with Gasteiger partial charge in [-0.1, -0.05) is 12.1 Å². The van der Waals surface area contributed by atoms with E-state index >= 15 is 0 Å². The molecule has 0 saturated carbocycles. The van der Waals surface area contributed by atoms with E-state index in [2.05, 4.69) is 5.32 Å². The van der Waals surface area contributed by atoms with Gasteiger partial charge in [0, 0.05) is 0 Å². The zero-order valence-electron chi connectivity index (χ0n) is 11.2. The lowest BCUT2D eigenvalue weighted by atomic mass is 10.2. The number of carbonyl (C=O) groups is 2. The number of nitrogens with one attached hydrogen (secondary N) is 1. The molecule has 1 aliphatic heterocycles. The second-order valence-electron chi connectivity index (χ2n) is 4.48. The van der Waals surface area contributed by atoms with E-state index in [1.807, 2.05) is 0 Å². The molecule has 0 radical (unpaired) electrons. The Labute approximate surface area is 130 Å². The number of benzene rings is 2. The minimum absolute atomic E-state index is 0.323. The number of carbonyl (C=O) groups excluding carboxylic acids is 2. The summed E-state index contributed by atoms with van der Waals surface area (Å²) in [6.45, 7) is 0. The quantitative estimate of drug-likeness (QED) is 0.872. The van der Waals surface area contributed by atoms with Gasteiger partial charge in [-0.25, -0.2) is 4.39 Å². The third-order valence-electron chi connectivity index (χ3n) is 2.87. The highest BCUT2D eigenvalue weighted by Crippen LogP contribution is 2.27. The van der Waals surface area contributed by atoms with Crippen molar-refractivity contribution in [2.24, 2.45) is 0 Å². The summed E-state index contributed by atoms with van der Waals surface area (Å²) < 4.78 is 18.4. The van der Waals surface area contributed by atoms with Crippen molar-refractivity contribution < 1.29 is 18.7 Å². The Kier molecular flexibility index (Phi) is 3.93. The standard InChI is InChI=1S/C16H10FNO3S/c17-11-3-7-13(8-4-11)21-12-5-1-10(2-6-12)9-14-15(19)18-16(20)22-14/h1-9H,(H,18,19,20)/b14-9+. The molecule has 0 bridgehead atoms. The molecule has 1 fully saturated rings. The number of rotatable bonds is 3. The average Bonchev–Trinajstić information content (AvgIpc) is 2.81. The molecule has 110 valence electrons. The molecular formula is C16H10FNO3S. The second-order valence-corrected chi connectivity index (χ2v) is 5.49. The molecule has 0 spiro atoms. The summed E-state index contributed by atoms with van der Waals surface area (Å²) in [4.78, 5) is 22.9. The first-order valence-corrected chi connectivity index (χ1v) is 7.20. The van der Waals surface area contributed by atoms with Gasteiger partial charge in [-0.2, -0.15) is 0 Å². The van der Waals surface area contributed by atoms with Crippen molar-refractivity contribution in [2.45, 2.75) is 0 Å². The lowest BCUT2D eigenvalue weighted by molar-refractivity contribution is -0.115. The van der Waals surface area contributed by atoms with E-state index in [1.165, 1.54) is 24.3 Å². The van der Waals surface area contributed by atoms with Crippen LogP contribution in [0, 0.1) is 5.82 Å². The van der Waals surface area contributed by atoms with Gasteiger partial charge in [-0.3, -0.25) is 14.9 Å². The van der Waals surface area contributed by atoms with E-state index in [9.17, 15) is 14.0 Å². The fraction of sp³-hybridized carbons (Fsp3) is 0. The van der Waals surface area contributed by atoms with Crippen molar-refractivity contribution in [1.29, 1.82) is 0 Å². The van der Waals surface area contributed by atoms with Crippen LogP contribution < -0.4 is 10.1 Å². The van der Waals surface area contributed by atoms with Crippen LogP contribution in [0.25, 0.3) is 6.08 Å². The van der Waals surface area contributed by atoms with E-state index < -0.39 is 0 Å². The molecule has 2 aromatic carbocycles. The molecule has 4 nitrogen and oxygen atoms in total. The third-order valence-corrected chi connectivity index (χ3v) is 3.68. The van der Waals surface area contributed by atoms with Crippen molar-refractivity contribution >= 4 is 29.0 Å². The lowest BCUT2D eigenvalue weighted by Gasteiger charge is -2.05. The van der Waals surface area contributed by atoms with Crippen LogP contribution in [-0.2, 0) is 4.79 Å². The molecule has 2 aromatic rings. The van der Waals surface area contributed by atoms with E-state index in [0.717, 1.165) is 17.3 Å². The van der Waals surface area contributed by atoms with Gasteiger partial charge >= 0.3 is 0 Å². The molecule has 0 unspecified atom stereocenters. The summed E-state index contributed by atoms with van der Waals surface area (Å²) in [6.07, 6.45) is 1.63. The maximum Gasteiger partial charge on any atom is 0.290 e. The van der Waals surface area contributed by atoms with Crippen LogP contribution in [-0.4, -0.2) is 11.1 Å². The Balaban J connectivity index is 1.73. The summed E-state index contributed by atoms with van der Waals surface area (Å²) in [6, 6.07) is 12.7. The highest BCUT2D eigenvalue weighted by atomic mass is 32.2. The smallest absolute Gasteiger partial charge is 0.290 e. The Bertz CT molecular complexity index is 754. The van der Waals surface area contributed by atoms with Crippen LogP contribution in [0.4, 0.5) is 9.18 Å². The number of halogens is 1. The first-order valence-electron chi connectivity index (χ1n) is 6.38. The molecule has 1 N–H and O–H groups in total. The number of amides is 2. The van der Waals surface area contributed by atoms with Gasteiger partial charge in [0.1, 0.15) is 17.3 Å². The van der Waals surface area contributed by atoms with Gasteiger partial charge in [-0.15, -0.1) is 0 Å². The van der Waals surface area contributed by atoms with Gasteiger partial charge in [0.15, 0.2) is 0 Å². The van der Waals surface area contributed by atoms with Crippen LogP contribution in [0.5, 0.6) is 11.5 Å². The first-order chi connectivity index (χ1) is 10.6. The zero-order chi connectivity index (χ0) is 15.5. The highest BCUT2D eigenvalue weighted by molar-refractivity contribution is 8.18. The molecule has 0 aliphatic carbocycles. The molecule has 1 heterocycles. The minimum atomic E-state index is -0.387. The van der Waals surface area contributed by atoms with Crippen LogP contribution in [0.15, 0.2) is 53.4 Å². The molecule has 6 heteroatoms. The van der Waals surface area contributed by atoms with Crippen LogP contribution in [0.3, 0.4) is 0 Å². The zero-order valence-corrected chi connectivity index (χ0v) is 12.0. The van der Waals surface area contributed by atoms with E-state index in [1.54, 1.807) is 30.3 Å². The summed E-state index contributed by atoms with van der Waals surface area (Å²) in [5.41, 5.74) is 0.777. The first kappa shape index (κ1) is 14.3. The van der Waals surface area contributed by atoms with Gasteiger partial charge < -0.3 is 4.74 Å². The highest BCUT2D eigenvalue weighted by Gasteiger charge is 2.24. The Morgan fingerprint density at radius 2 is 1.55 bits per heavy atom. The Morgan fingerprint density at radius 3 is 2.09 bits per heavy atom. The summed E-state index contributed by atoms with van der Waals surface area (Å²) >= 11 is 0.871. The van der Waals surface area contributed by atoms with Crippen molar-refractivity contribution in [3.8, 4) is 11.5 Å². The van der Waals surface area contributed by atoms with Crippen LogP contribution >= 0.6 is 11.8 Å². The molecular weight excluding hydrogens is 305 g/mol. The fourth-order valence-corrected chi connectivity index (χ4v) is 2.53. The number of imide groups is 1. The normalized spacial score (nSPS) is 16.0. The van der Waals surface area contributed by atoms with E-state index in [-0.39, 0.29) is 17.0 Å². The predicted molar refractivity (Wildman–Crippen MR) is 82.0 cm³/mol. The van der Waals surface area contributed by atoms with Gasteiger partial charge in [0.2, 0.25) is 0 Å². The number of hydrogen-bond donors (Lipinski definition) is 1. The second kappa shape index (κ2) is 6.03. The SMILES string of the molecule is O=C1NC(=O)/C(=C\c2ccc(Oc3ccc(F)cc3)cc2)S1. The maximum atomic E-state index is 12.8. The number of thioether (sulfide) groups is 1. The molecule has 0 atom stereocenters. The monoisotopic (exact) mass is 315 g/mol. The largest absolute Gasteiger partial charge is 0.457 e. The molecule has 3 rings (SSSR count). The molecule has 1 saturated heterocycles. The van der Waals surface area contributed by atoms with Gasteiger partial charge in [0.25, 0.3) is 11.1 Å². The van der Waals surface area contributed by atoms with Gasteiger partial charge in [0.05, 0.1) is 4.91 Å². The lowest BCUT2D eigenvalue weighted by Crippen LogP contribution is -2.17. The molecule has 22 heavy (non-hydrogen) atoms. The minimum Gasteiger partial charge on any atom is -0.457 e. The summed E-state index contributed by atoms with van der Waals surface area (Å²) in [5, 5.41) is 1.83. The molecule has 0 aromatic heterocycles. The third kappa shape index (κ3) is 3.35. The van der Waals surface area contributed by atoms with Crippen molar-refractivity contribution in [3.05, 3.63) is 64.8 Å². The summed E-state index contributed by atoms with van der Waals surface area (Å²) in [5.74, 6) is 0.412. The van der Waals surface area contributed by atoms with Crippen LogP contribution in [0.2, 0.25) is 0 Å². The number of ether oxygens (including phenoxy) is 1. The maximum absolute atomic E-state index is 12.8. The fourth-order valence-electron chi connectivity index (χ4n) is 1.84. The Morgan fingerprint density at radius 1 is 0.955 bits per heavy atom. The van der Waals surface area contributed by atoms with Gasteiger partial charge in [-0.05, 0) is 59.8 Å². The van der Waals surface area contributed by atoms with E-state index in [4.69, 9.17) is 4.74 Å². The average molecular weight is 315 g/mol. The van der Waals surface area contributed by atoms with E-state index in [0.29, 0.717) is 16.4 Å². The number of hydrogen-bond acceptors (Lipinski definition) is 4. The Hall–Kier alpha value is -2.60. The van der Waals surface area contributed by atoms with Crippen molar-refractivity contribution in [1.82, 2.24) is 5.32 Å². The molecule has 2 amide bonds. The summed E-state index contributed by atoms with van der Waals surface area (Å²) in [7, 11) is 0. The topological polar surface area (TPSA) is 55.4 Å².